The fourth-order valence-corrected chi connectivity index (χ4v) is 1.05. The summed E-state index contributed by atoms with van der Waals surface area (Å²) >= 11 is 0. The van der Waals surface area contributed by atoms with Gasteiger partial charge in [-0.3, -0.25) is 5.01 Å². The zero-order valence-electron chi connectivity index (χ0n) is 8.31. The van der Waals surface area contributed by atoms with Crippen LogP contribution in [-0.4, -0.2) is 16.5 Å². The Labute approximate surface area is 83.2 Å². The van der Waals surface area contributed by atoms with Crippen LogP contribution in [0.2, 0.25) is 0 Å². The van der Waals surface area contributed by atoms with Gasteiger partial charge in [0.25, 0.3) is 0 Å². The second-order valence-electron chi connectivity index (χ2n) is 3.40. The Morgan fingerprint density at radius 2 is 2.36 bits per heavy atom. The van der Waals surface area contributed by atoms with E-state index in [1.54, 1.807) is 6.07 Å². The summed E-state index contributed by atoms with van der Waals surface area (Å²) in [5.74, 6) is 6.91. The highest BCUT2D eigenvalue weighted by Crippen LogP contribution is 2.07. The average molecular weight is 191 g/mol. The molecule has 1 heterocycles. The number of hydrazine groups is 1. The maximum atomic E-state index is 8.59. The number of nitrogens with zero attached hydrogens (tertiary/aromatic N) is 4. The van der Waals surface area contributed by atoms with Gasteiger partial charge < -0.3 is 0 Å². The van der Waals surface area contributed by atoms with E-state index in [1.165, 1.54) is 11.2 Å². The summed E-state index contributed by atoms with van der Waals surface area (Å²) in [5, 5.41) is 10.1. The third-order valence-corrected chi connectivity index (χ3v) is 1.60. The lowest BCUT2D eigenvalue weighted by Crippen LogP contribution is -2.35. The smallest absolute Gasteiger partial charge is 0.234 e. The number of rotatable bonds is 3. The van der Waals surface area contributed by atoms with Gasteiger partial charge in [-0.25, -0.2) is 15.8 Å². The van der Waals surface area contributed by atoms with Crippen molar-refractivity contribution >= 4 is 5.82 Å². The van der Waals surface area contributed by atoms with Crippen molar-refractivity contribution in [3.05, 3.63) is 18.1 Å². The number of nitrogens with two attached hydrogens (primary N) is 1. The van der Waals surface area contributed by atoms with Gasteiger partial charge in [0.15, 0.2) is 0 Å². The van der Waals surface area contributed by atoms with Crippen molar-refractivity contribution in [3.63, 3.8) is 0 Å². The highest BCUT2D eigenvalue weighted by molar-refractivity contribution is 5.36. The maximum Gasteiger partial charge on any atom is 0.234 e. The third-order valence-electron chi connectivity index (χ3n) is 1.60. The first kappa shape index (κ1) is 10.4. The van der Waals surface area contributed by atoms with Gasteiger partial charge in [0.05, 0.1) is 0 Å². The molecule has 0 saturated heterocycles. The Hall–Kier alpha value is -1.67. The van der Waals surface area contributed by atoms with Crippen LogP contribution in [0.4, 0.5) is 5.82 Å². The minimum absolute atomic E-state index is 0.140. The molecular weight excluding hydrogens is 178 g/mol. The Morgan fingerprint density at radius 3 is 2.93 bits per heavy atom. The molecule has 0 fully saturated rings. The zero-order valence-corrected chi connectivity index (χ0v) is 8.31. The van der Waals surface area contributed by atoms with Crippen molar-refractivity contribution in [2.45, 2.75) is 13.8 Å². The predicted octanol–water partition coefficient (Wildman–Crippen LogP) is 0.684. The molecule has 0 amide bonds. The van der Waals surface area contributed by atoms with Gasteiger partial charge in [0.1, 0.15) is 11.9 Å². The maximum absolute atomic E-state index is 8.59. The lowest BCUT2D eigenvalue weighted by atomic mass is 10.2. The van der Waals surface area contributed by atoms with E-state index in [1.807, 2.05) is 6.07 Å². The molecule has 2 N–H and O–H groups in total. The summed E-state index contributed by atoms with van der Waals surface area (Å²) in [7, 11) is 0. The number of hydrogen-bond donors (Lipinski definition) is 1. The van der Waals surface area contributed by atoms with Gasteiger partial charge in [-0.1, -0.05) is 13.8 Å². The normalized spacial score (nSPS) is 9.93. The monoisotopic (exact) mass is 191 g/mol. The summed E-state index contributed by atoms with van der Waals surface area (Å²) in [5.41, 5.74) is 0. The topological polar surface area (TPSA) is 78.8 Å². The minimum Gasteiger partial charge on any atom is -0.294 e. The lowest BCUT2D eigenvalue weighted by molar-refractivity contribution is 0.616. The Bertz CT molecular complexity index is 341. The van der Waals surface area contributed by atoms with Gasteiger partial charge in [-0.2, -0.15) is 5.26 Å². The molecular formula is C9H13N5. The van der Waals surface area contributed by atoms with Crippen molar-refractivity contribution in [2.24, 2.45) is 11.8 Å². The van der Waals surface area contributed by atoms with Crippen LogP contribution in [0.5, 0.6) is 0 Å². The van der Waals surface area contributed by atoms with Crippen LogP contribution >= 0.6 is 0 Å². The van der Waals surface area contributed by atoms with Gasteiger partial charge in [0.2, 0.25) is 5.82 Å². The van der Waals surface area contributed by atoms with Crippen LogP contribution in [0.3, 0.4) is 0 Å². The van der Waals surface area contributed by atoms with Crippen LogP contribution in [0.1, 0.15) is 19.7 Å². The van der Waals surface area contributed by atoms with E-state index in [-0.39, 0.29) is 5.82 Å². The molecule has 5 heteroatoms. The van der Waals surface area contributed by atoms with Gasteiger partial charge >= 0.3 is 0 Å². The number of nitriles is 1. The van der Waals surface area contributed by atoms with E-state index >= 15 is 0 Å². The molecule has 0 unspecified atom stereocenters. The number of anilines is 1. The van der Waals surface area contributed by atoms with Crippen LogP contribution in [0, 0.1) is 17.2 Å². The van der Waals surface area contributed by atoms with E-state index < -0.39 is 0 Å². The summed E-state index contributed by atoms with van der Waals surface area (Å²) in [6, 6.07) is 3.55. The molecule has 1 aromatic rings. The molecule has 1 rings (SSSR count). The molecule has 5 nitrogen and oxygen atoms in total. The number of aromatic nitrogens is 2. The van der Waals surface area contributed by atoms with E-state index in [4.69, 9.17) is 11.1 Å². The molecule has 0 bridgehead atoms. The zero-order chi connectivity index (χ0) is 10.6. The van der Waals surface area contributed by atoms with Gasteiger partial charge in [-0.05, 0) is 5.92 Å². The fraction of sp³-hybridized carbons (Fsp3) is 0.444. The highest BCUT2D eigenvalue weighted by Gasteiger charge is 2.06. The van der Waals surface area contributed by atoms with Crippen molar-refractivity contribution in [1.82, 2.24) is 9.97 Å². The highest BCUT2D eigenvalue weighted by atomic mass is 15.4. The molecule has 74 valence electrons. The fourth-order valence-electron chi connectivity index (χ4n) is 1.05. The molecule has 0 saturated carbocycles. The van der Waals surface area contributed by atoms with E-state index in [9.17, 15) is 0 Å². The summed E-state index contributed by atoms with van der Waals surface area (Å²) in [4.78, 5) is 7.74. The van der Waals surface area contributed by atoms with Crippen LogP contribution < -0.4 is 10.9 Å². The summed E-state index contributed by atoms with van der Waals surface area (Å²) in [6.07, 6.45) is 1.53. The van der Waals surface area contributed by atoms with Crippen LogP contribution in [0.15, 0.2) is 12.3 Å². The first-order valence-electron chi connectivity index (χ1n) is 4.39. The van der Waals surface area contributed by atoms with Gasteiger partial charge in [-0.15, -0.1) is 0 Å². The second kappa shape index (κ2) is 4.53. The molecule has 0 aromatic carbocycles. The quantitative estimate of drug-likeness (QED) is 0.561. The average Bonchev–Trinajstić information content (AvgIpc) is 2.17. The SMILES string of the molecule is CC(C)CN(N)c1ccnc(C#N)n1. The van der Waals surface area contributed by atoms with Gasteiger partial charge in [0, 0.05) is 18.8 Å². The minimum atomic E-state index is 0.140. The van der Waals surface area contributed by atoms with Crippen molar-refractivity contribution in [2.75, 3.05) is 11.6 Å². The first-order valence-corrected chi connectivity index (χ1v) is 4.39. The lowest BCUT2D eigenvalue weighted by Gasteiger charge is -2.19. The van der Waals surface area contributed by atoms with Crippen LogP contribution in [0.25, 0.3) is 0 Å². The molecule has 0 atom stereocenters. The molecule has 0 aliphatic carbocycles. The van der Waals surface area contributed by atoms with E-state index in [0.29, 0.717) is 18.3 Å². The van der Waals surface area contributed by atoms with Crippen molar-refractivity contribution in [1.29, 1.82) is 5.26 Å². The summed E-state index contributed by atoms with van der Waals surface area (Å²) in [6.45, 7) is 4.82. The molecule has 0 spiro atoms. The molecule has 0 radical (unpaired) electrons. The molecule has 1 aromatic heterocycles. The first-order chi connectivity index (χ1) is 6.63. The molecule has 0 aliphatic heterocycles. The Morgan fingerprint density at radius 1 is 1.64 bits per heavy atom. The Kier molecular flexibility index (Phi) is 3.37. The van der Waals surface area contributed by atoms with Crippen molar-refractivity contribution in [3.8, 4) is 6.07 Å². The molecule has 0 aliphatic rings. The second-order valence-corrected chi connectivity index (χ2v) is 3.40. The predicted molar refractivity (Wildman–Crippen MR) is 53.1 cm³/mol. The van der Waals surface area contributed by atoms with Crippen LogP contribution in [-0.2, 0) is 0 Å². The molecule has 14 heavy (non-hydrogen) atoms. The number of hydrogen-bond acceptors (Lipinski definition) is 5. The Balaban J connectivity index is 2.80. The summed E-state index contributed by atoms with van der Waals surface area (Å²) < 4.78 is 0. The largest absolute Gasteiger partial charge is 0.294 e. The van der Waals surface area contributed by atoms with E-state index in [0.717, 1.165) is 0 Å². The third kappa shape index (κ3) is 2.68. The standard InChI is InChI=1S/C9H13N5/c1-7(2)6-14(11)9-3-4-12-8(5-10)13-9/h3-4,7H,6,11H2,1-2H3. The van der Waals surface area contributed by atoms with Crippen molar-refractivity contribution < 1.29 is 0 Å². The van der Waals surface area contributed by atoms with E-state index in [2.05, 4.69) is 23.8 Å².